The molecular formula is C18H27NO2. The maximum Gasteiger partial charge on any atom is 0.410 e. The first-order valence-electron chi connectivity index (χ1n) is 7.96. The van der Waals surface area contributed by atoms with Crippen molar-refractivity contribution < 1.29 is 9.53 Å². The van der Waals surface area contributed by atoms with E-state index >= 15 is 0 Å². The molecular weight excluding hydrogens is 262 g/mol. The predicted octanol–water partition coefficient (Wildman–Crippen LogP) is 4.36. The van der Waals surface area contributed by atoms with Crippen molar-refractivity contribution in [2.24, 2.45) is 0 Å². The van der Waals surface area contributed by atoms with Gasteiger partial charge in [-0.05, 0) is 44.7 Å². The standard InChI is InChI=1S/C18H27NO2/c1-5-6-14-7-9-15(10-8-14)16-11-12-19(13-16)17(20)21-18(2,3)4/h7-10,16H,5-6,11-13H2,1-4H3. The summed E-state index contributed by atoms with van der Waals surface area (Å²) >= 11 is 0. The molecule has 1 unspecified atom stereocenters. The summed E-state index contributed by atoms with van der Waals surface area (Å²) in [6, 6.07) is 8.87. The van der Waals surface area contributed by atoms with E-state index in [0.29, 0.717) is 5.92 Å². The average molecular weight is 289 g/mol. The molecule has 0 aliphatic carbocycles. The summed E-state index contributed by atoms with van der Waals surface area (Å²) in [5, 5.41) is 0. The number of likely N-dealkylation sites (tertiary alicyclic amines) is 1. The summed E-state index contributed by atoms with van der Waals surface area (Å²) in [7, 11) is 0. The van der Waals surface area contributed by atoms with E-state index in [2.05, 4.69) is 31.2 Å². The minimum absolute atomic E-state index is 0.187. The number of carbonyl (C=O) groups excluding carboxylic acids is 1. The molecule has 1 heterocycles. The third kappa shape index (κ3) is 4.48. The van der Waals surface area contributed by atoms with Crippen molar-refractivity contribution in [1.29, 1.82) is 0 Å². The Hall–Kier alpha value is -1.51. The molecule has 1 aliphatic heterocycles. The third-order valence-electron chi connectivity index (χ3n) is 3.83. The van der Waals surface area contributed by atoms with Crippen molar-refractivity contribution in [1.82, 2.24) is 4.90 Å². The highest BCUT2D eigenvalue weighted by molar-refractivity contribution is 5.68. The third-order valence-corrected chi connectivity index (χ3v) is 3.83. The van der Waals surface area contributed by atoms with Crippen LogP contribution >= 0.6 is 0 Å². The van der Waals surface area contributed by atoms with Crippen LogP contribution in [-0.4, -0.2) is 29.7 Å². The van der Waals surface area contributed by atoms with Crippen LogP contribution in [0.3, 0.4) is 0 Å². The first kappa shape index (κ1) is 15.9. The van der Waals surface area contributed by atoms with Gasteiger partial charge in [-0.3, -0.25) is 0 Å². The van der Waals surface area contributed by atoms with Crippen LogP contribution in [0.4, 0.5) is 4.79 Å². The second kappa shape index (κ2) is 6.50. The van der Waals surface area contributed by atoms with Crippen LogP contribution in [-0.2, 0) is 11.2 Å². The fourth-order valence-electron chi connectivity index (χ4n) is 2.77. The molecule has 0 spiro atoms. The lowest BCUT2D eigenvalue weighted by atomic mass is 9.96. The van der Waals surface area contributed by atoms with Crippen LogP contribution in [0.15, 0.2) is 24.3 Å². The van der Waals surface area contributed by atoms with Gasteiger partial charge in [-0.15, -0.1) is 0 Å². The second-order valence-electron chi connectivity index (χ2n) is 6.90. The summed E-state index contributed by atoms with van der Waals surface area (Å²) in [5.74, 6) is 0.438. The number of hydrogen-bond acceptors (Lipinski definition) is 2. The molecule has 2 rings (SSSR count). The van der Waals surface area contributed by atoms with Crippen LogP contribution in [0.25, 0.3) is 0 Å². The van der Waals surface area contributed by atoms with Crippen LogP contribution in [0.2, 0.25) is 0 Å². The fraction of sp³-hybridized carbons (Fsp3) is 0.611. The summed E-state index contributed by atoms with van der Waals surface area (Å²) in [6.07, 6.45) is 3.14. The van der Waals surface area contributed by atoms with Gasteiger partial charge in [0.1, 0.15) is 5.60 Å². The van der Waals surface area contributed by atoms with Crippen LogP contribution in [0.1, 0.15) is 57.6 Å². The van der Waals surface area contributed by atoms with Gasteiger partial charge in [-0.1, -0.05) is 37.6 Å². The van der Waals surface area contributed by atoms with Crippen LogP contribution < -0.4 is 0 Å². The molecule has 1 aromatic rings. The minimum Gasteiger partial charge on any atom is -0.444 e. The van der Waals surface area contributed by atoms with E-state index in [-0.39, 0.29) is 6.09 Å². The molecule has 1 atom stereocenters. The molecule has 1 aliphatic rings. The molecule has 3 heteroatoms. The van der Waals surface area contributed by atoms with E-state index in [4.69, 9.17) is 4.74 Å². The molecule has 0 bridgehead atoms. The quantitative estimate of drug-likeness (QED) is 0.827. The number of aryl methyl sites for hydroxylation is 1. The molecule has 1 aromatic carbocycles. The van der Waals surface area contributed by atoms with Crippen molar-refractivity contribution in [2.75, 3.05) is 13.1 Å². The van der Waals surface area contributed by atoms with Gasteiger partial charge < -0.3 is 9.64 Å². The summed E-state index contributed by atoms with van der Waals surface area (Å²) in [6.45, 7) is 9.47. The highest BCUT2D eigenvalue weighted by atomic mass is 16.6. The molecule has 0 N–H and O–H groups in total. The number of carbonyl (C=O) groups is 1. The molecule has 1 saturated heterocycles. The van der Waals surface area contributed by atoms with Crippen LogP contribution in [0.5, 0.6) is 0 Å². The zero-order valence-corrected chi connectivity index (χ0v) is 13.7. The topological polar surface area (TPSA) is 29.5 Å². The zero-order valence-electron chi connectivity index (χ0n) is 13.7. The molecule has 3 nitrogen and oxygen atoms in total. The summed E-state index contributed by atoms with van der Waals surface area (Å²) < 4.78 is 5.44. The van der Waals surface area contributed by atoms with Gasteiger partial charge in [0.05, 0.1) is 0 Å². The maximum atomic E-state index is 12.1. The molecule has 0 radical (unpaired) electrons. The molecule has 1 fully saturated rings. The number of amides is 1. The smallest absolute Gasteiger partial charge is 0.410 e. The Labute approximate surface area is 128 Å². The van der Waals surface area contributed by atoms with Gasteiger partial charge in [0.15, 0.2) is 0 Å². The SMILES string of the molecule is CCCc1ccc(C2CCN(C(=O)OC(C)(C)C)C2)cc1. The average Bonchev–Trinajstić information content (AvgIpc) is 2.88. The van der Waals surface area contributed by atoms with Crippen molar-refractivity contribution in [2.45, 2.75) is 58.5 Å². The molecule has 0 aromatic heterocycles. The van der Waals surface area contributed by atoms with Crippen molar-refractivity contribution >= 4 is 6.09 Å². The van der Waals surface area contributed by atoms with E-state index in [9.17, 15) is 4.79 Å². The lowest BCUT2D eigenvalue weighted by molar-refractivity contribution is 0.0292. The largest absolute Gasteiger partial charge is 0.444 e. The normalized spacial score (nSPS) is 18.9. The fourth-order valence-corrected chi connectivity index (χ4v) is 2.77. The number of rotatable bonds is 3. The van der Waals surface area contributed by atoms with Crippen molar-refractivity contribution in [3.63, 3.8) is 0 Å². The van der Waals surface area contributed by atoms with Gasteiger partial charge in [-0.25, -0.2) is 4.79 Å². The zero-order chi connectivity index (χ0) is 15.5. The summed E-state index contributed by atoms with van der Waals surface area (Å²) in [5.41, 5.74) is 2.31. The minimum atomic E-state index is -0.420. The van der Waals surface area contributed by atoms with E-state index in [1.807, 2.05) is 25.7 Å². The number of ether oxygens (including phenoxy) is 1. The first-order chi connectivity index (χ1) is 9.89. The molecule has 0 saturated carbocycles. The van der Waals surface area contributed by atoms with E-state index in [0.717, 1.165) is 25.9 Å². The van der Waals surface area contributed by atoms with Crippen LogP contribution in [0, 0.1) is 0 Å². The Morgan fingerprint density at radius 1 is 1.29 bits per heavy atom. The van der Waals surface area contributed by atoms with Gasteiger partial charge in [0.2, 0.25) is 0 Å². The monoisotopic (exact) mass is 289 g/mol. The lowest BCUT2D eigenvalue weighted by Crippen LogP contribution is -2.35. The Balaban J connectivity index is 1.94. The van der Waals surface area contributed by atoms with E-state index in [1.54, 1.807) is 0 Å². The number of benzene rings is 1. The summed E-state index contributed by atoms with van der Waals surface area (Å²) in [4.78, 5) is 13.9. The van der Waals surface area contributed by atoms with Gasteiger partial charge in [-0.2, -0.15) is 0 Å². The second-order valence-corrected chi connectivity index (χ2v) is 6.90. The molecule has 1 amide bonds. The van der Waals surface area contributed by atoms with E-state index in [1.165, 1.54) is 17.5 Å². The van der Waals surface area contributed by atoms with E-state index < -0.39 is 5.60 Å². The Kier molecular flexibility index (Phi) is 4.92. The van der Waals surface area contributed by atoms with Crippen molar-refractivity contribution in [3.8, 4) is 0 Å². The lowest BCUT2D eigenvalue weighted by Gasteiger charge is -2.24. The Morgan fingerprint density at radius 2 is 1.95 bits per heavy atom. The molecule has 116 valence electrons. The van der Waals surface area contributed by atoms with Gasteiger partial charge in [0, 0.05) is 19.0 Å². The first-order valence-corrected chi connectivity index (χ1v) is 7.96. The number of nitrogens with zero attached hydrogens (tertiary/aromatic N) is 1. The van der Waals surface area contributed by atoms with Crippen molar-refractivity contribution in [3.05, 3.63) is 35.4 Å². The predicted molar refractivity (Wildman–Crippen MR) is 85.6 cm³/mol. The highest BCUT2D eigenvalue weighted by Crippen LogP contribution is 2.28. The highest BCUT2D eigenvalue weighted by Gasteiger charge is 2.30. The number of hydrogen-bond donors (Lipinski definition) is 0. The van der Waals surface area contributed by atoms with Gasteiger partial charge in [0.25, 0.3) is 0 Å². The van der Waals surface area contributed by atoms with Gasteiger partial charge >= 0.3 is 6.09 Å². The Bertz CT molecular complexity index is 473. The molecule has 21 heavy (non-hydrogen) atoms. The maximum absolute atomic E-state index is 12.1. The Morgan fingerprint density at radius 3 is 2.52 bits per heavy atom.